The second kappa shape index (κ2) is 6.75. The molecular formula is C15H18N4O3. The Morgan fingerprint density at radius 3 is 2.77 bits per heavy atom. The summed E-state index contributed by atoms with van der Waals surface area (Å²) in [5.41, 5.74) is 0.542. The first-order valence-electron chi connectivity index (χ1n) is 6.90. The van der Waals surface area contributed by atoms with Gasteiger partial charge in [0, 0.05) is 37.2 Å². The fraction of sp³-hybridized carbons (Fsp3) is 0.267. The van der Waals surface area contributed by atoms with Gasteiger partial charge in [0.15, 0.2) is 0 Å². The van der Waals surface area contributed by atoms with E-state index in [-0.39, 0.29) is 12.5 Å². The van der Waals surface area contributed by atoms with Gasteiger partial charge >= 0.3 is 5.69 Å². The van der Waals surface area contributed by atoms with Gasteiger partial charge in [0.05, 0.1) is 0 Å². The average Bonchev–Trinajstić information content (AvgIpc) is 2.49. The van der Waals surface area contributed by atoms with Crippen molar-refractivity contribution in [3.63, 3.8) is 0 Å². The zero-order valence-corrected chi connectivity index (χ0v) is 12.5. The Balaban J connectivity index is 2.09. The molecule has 1 aromatic carbocycles. The minimum Gasteiger partial charge on any atom is -0.375 e. The van der Waals surface area contributed by atoms with Crippen LogP contribution in [0.25, 0.3) is 0 Å². The van der Waals surface area contributed by atoms with Crippen molar-refractivity contribution in [3.05, 3.63) is 57.4 Å². The molecule has 0 aliphatic rings. The Kier molecular flexibility index (Phi) is 4.77. The molecule has 22 heavy (non-hydrogen) atoms. The van der Waals surface area contributed by atoms with Gasteiger partial charge in [-0.15, -0.1) is 0 Å². The van der Waals surface area contributed by atoms with E-state index in [1.54, 1.807) is 6.07 Å². The molecule has 0 fully saturated rings. The van der Waals surface area contributed by atoms with E-state index in [4.69, 9.17) is 0 Å². The topological polar surface area (TPSA) is 87.2 Å². The summed E-state index contributed by atoms with van der Waals surface area (Å²) < 4.78 is 1.14. The van der Waals surface area contributed by atoms with Crippen LogP contribution >= 0.6 is 0 Å². The highest BCUT2D eigenvalue weighted by atomic mass is 16.2. The lowest BCUT2D eigenvalue weighted by Gasteiger charge is -2.17. The van der Waals surface area contributed by atoms with E-state index >= 15 is 0 Å². The summed E-state index contributed by atoms with van der Waals surface area (Å²) in [5, 5.41) is 2.73. The van der Waals surface area contributed by atoms with E-state index in [1.165, 1.54) is 12.3 Å². The first-order valence-corrected chi connectivity index (χ1v) is 6.90. The van der Waals surface area contributed by atoms with Gasteiger partial charge in [-0.2, -0.15) is 0 Å². The summed E-state index contributed by atoms with van der Waals surface area (Å²) in [5.74, 6) is -0.342. The second-order valence-electron chi connectivity index (χ2n) is 4.85. The van der Waals surface area contributed by atoms with Gasteiger partial charge in [0.25, 0.3) is 5.56 Å². The van der Waals surface area contributed by atoms with Crippen molar-refractivity contribution in [2.24, 2.45) is 0 Å². The van der Waals surface area contributed by atoms with Crippen molar-refractivity contribution >= 4 is 17.3 Å². The lowest BCUT2D eigenvalue weighted by atomic mass is 10.2. The Morgan fingerprint density at radius 1 is 1.32 bits per heavy atom. The molecular weight excluding hydrogens is 284 g/mol. The van der Waals surface area contributed by atoms with Gasteiger partial charge in [-0.1, -0.05) is 6.07 Å². The van der Waals surface area contributed by atoms with Crippen LogP contribution in [0.3, 0.4) is 0 Å². The third-order valence-corrected chi connectivity index (χ3v) is 3.26. The van der Waals surface area contributed by atoms with E-state index < -0.39 is 11.2 Å². The molecule has 7 nitrogen and oxygen atoms in total. The molecule has 1 aromatic heterocycles. The molecule has 0 spiro atoms. The zero-order valence-electron chi connectivity index (χ0n) is 12.5. The summed E-state index contributed by atoms with van der Waals surface area (Å²) in [6, 6.07) is 8.64. The fourth-order valence-corrected chi connectivity index (χ4v) is 1.93. The molecule has 1 amide bonds. The smallest absolute Gasteiger partial charge is 0.328 e. The number of carbonyl (C=O) groups excluding carboxylic acids is 1. The third-order valence-electron chi connectivity index (χ3n) is 3.26. The lowest BCUT2D eigenvalue weighted by molar-refractivity contribution is -0.116. The van der Waals surface area contributed by atoms with Crippen molar-refractivity contribution in [3.8, 4) is 0 Å². The quantitative estimate of drug-likeness (QED) is 0.848. The molecule has 0 aliphatic heterocycles. The molecule has 0 bridgehead atoms. The molecule has 2 N–H and O–H groups in total. The van der Waals surface area contributed by atoms with E-state index in [0.717, 1.165) is 16.8 Å². The maximum Gasteiger partial charge on any atom is 0.328 e. The molecule has 0 saturated carbocycles. The van der Waals surface area contributed by atoms with Crippen LogP contribution in [0.2, 0.25) is 0 Å². The highest BCUT2D eigenvalue weighted by molar-refractivity contribution is 5.91. The summed E-state index contributed by atoms with van der Waals surface area (Å²) in [6.07, 6.45) is 1.29. The number of amides is 1. The molecule has 2 aromatic rings. The minimum atomic E-state index is -0.609. The molecule has 0 atom stereocenters. The fourth-order valence-electron chi connectivity index (χ4n) is 1.93. The van der Waals surface area contributed by atoms with E-state index in [0.29, 0.717) is 5.69 Å². The molecule has 116 valence electrons. The van der Waals surface area contributed by atoms with E-state index in [9.17, 15) is 14.4 Å². The van der Waals surface area contributed by atoms with Crippen molar-refractivity contribution in [1.82, 2.24) is 9.55 Å². The molecule has 7 heteroatoms. The van der Waals surface area contributed by atoms with Crippen LogP contribution in [-0.4, -0.2) is 29.1 Å². The van der Waals surface area contributed by atoms with Crippen LogP contribution in [0.1, 0.15) is 6.92 Å². The van der Waals surface area contributed by atoms with Gasteiger partial charge in [-0.3, -0.25) is 19.1 Å². The summed E-state index contributed by atoms with van der Waals surface area (Å²) in [7, 11) is 1.96. The highest BCUT2D eigenvalue weighted by Crippen LogP contribution is 2.18. The SMILES string of the molecule is CCN(C)c1cccc(NC(=O)Cn2ccc(=O)[nH]c2=O)c1. The van der Waals surface area contributed by atoms with E-state index in [2.05, 4.69) is 10.3 Å². The third kappa shape index (κ3) is 3.85. The van der Waals surface area contributed by atoms with Crippen LogP contribution in [0.5, 0.6) is 0 Å². The number of anilines is 2. The first kappa shape index (κ1) is 15.6. The average molecular weight is 302 g/mol. The zero-order chi connectivity index (χ0) is 16.1. The van der Waals surface area contributed by atoms with Crippen LogP contribution < -0.4 is 21.5 Å². The van der Waals surface area contributed by atoms with Gasteiger partial charge in [0.2, 0.25) is 5.91 Å². The maximum atomic E-state index is 12.0. The number of hydrogen-bond acceptors (Lipinski definition) is 4. The van der Waals surface area contributed by atoms with Crippen LogP contribution in [-0.2, 0) is 11.3 Å². The lowest BCUT2D eigenvalue weighted by Crippen LogP contribution is -2.32. The van der Waals surface area contributed by atoms with Crippen molar-refractivity contribution in [1.29, 1.82) is 0 Å². The predicted octanol–water partition coefficient (Wildman–Crippen LogP) is 0.631. The van der Waals surface area contributed by atoms with Crippen LogP contribution in [0.4, 0.5) is 11.4 Å². The molecule has 0 aliphatic carbocycles. The number of carbonyl (C=O) groups is 1. The summed E-state index contributed by atoms with van der Waals surface area (Å²) >= 11 is 0. The largest absolute Gasteiger partial charge is 0.375 e. The number of benzene rings is 1. The molecule has 0 saturated heterocycles. The normalized spacial score (nSPS) is 10.3. The number of nitrogens with one attached hydrogen (secondary N) is 2. The van der Waals surface area contributed by atoms with Crippen molar-refractivity contribution in [2.75, 3.05) is 23.8 Å². The van der Waals surface area contributed by atoms with Gasteiger partial charge in [-0.05, 0) is 25.1 Å². The molecule has 0 radical (unpaired) electrons. The summed E-state index contributed by atoms with van der Waals surface area (Å²) in [6.45, 7) is 2.72. The number of rotatable bonds is 5. The second-order valence-corrected chi connectivity index (χ2v) is 4.85. The maximum absolute atomic E-state index is 12.0. The minimum absolute atomic E-state index is 0.163. The van der Waals surface area contributed by atoms with Crippen molar-refractivity contribution in [2.45, 2.75) is 13.5 Å². The number of aromatic nitrogens is 2. The number of nitrogens with zero attached hydrogens (tertiary/aromatic N) is 2. The van der Waals surface area contributed by atoms with Crippen LogP contribution in [0, 0.1) is 0 Å². The monoisotopic (exact) mass is 302 g/mol. The number of hydrogen-bond donors (Lipinski definition) is 2. The van der Waals surface area contributed by atoms with E-state index in [1.807, 2.05) is 37.1 Å². The Labute approximate surface area is 127 Å². The molecule has 2 rings (SSSR count). The number of H-pyrrole nitrogens is 1. The predicted molar refractivity (Wildman–Crippen MR) is 85.3 cm³/mol. The Hall–Kier alpha value is -2.83. The van der Waals surface area contributed by atoms with Gasteiger partial charge < -0.3 is 10.2 Å². The first-order chi connectivity index (χ1) is 10.5. The molecule has 1 heterocycles. The van der Waals surface area contributed by atoms with Gasteiger partial charge in [-0.25, -0.2) is 4.79 Å². The Bertz CT molecular complexity index is 779. The number of aromatic amines is 1. The standard InChI is InChI=1S/C15H18N4O3/c1-3-18(2)12-6-4-5-11(9-12)16-14(21)10-19-8-7-13(20)17-15(19)22/h4-9H,3,10H2,1-2H3,(H,16,21)(H,17,20,22). The van der Waals surface area contributed by atoms with Crippen LogP contribution in [0.15, 0.2) is 46.1 Å². The van der Waals surface area contributed by atoms with Gasteiger partial charge in [0.1, 0.15) is 6.54 Å². The summed E-state index contributed by atoms with van der Waals surface area (Å²) in [4.78, 5) is 38.6. The highest BCUT2D eigenvalue weighted by Gasteiger charge is 2.06. The van der Waals surface area contributed by atoms with Crippen molar-refractivity contribution < 1.29 is 4.79 Å². The Morgan fingerprint density at radius 2 is 2.09 bits per heavy atom. The molecule has 0 unspecified atom stereocenters.